The highest BCUT2D eigenvalue weighted by Crippen LogP contribution is 2.38. The van der Waals surface area contributed by atoms with Crippen molar-refractivity contribution >= 4 is 16.9 Å². The van der Waals surface area contributed by atoms with Gasteiger partial charge in [-0.25, -0.2) is 4.98 Å². The topological polar surface area (TPSA) is 98.3 Å². The molecule has 0 spiro atoms. The first kappa shape index (κ1) is 11.4. The van der Waals surface area contributed by atoms with E-state index in [0.717, 1.165) is 29.6 Å². The maximum absolute atomic E-state index is 6.03. The van der Waals surface area contributed by atoms with Crippen LogP contribution in [0.3, 0.4) is 0 Å². The van der Waals surface area contributed by atoms with E-state index in [4.69, 9.17) is 10.8 Å². The molecule has 4 rings (SSSR count). The second-order valence-corrected chi connectivity index (χ2v) is 5.18. The number of hydrogen-bond donors (Lipinski definition) is 2. The minimum absolute atomic E-state index is 0.468. The van der Waals surface area contributed by atoms with Crippen molar-refractivity contribution in [2.24, 2.45) is 0 Å². The molecule has 0 saturated heterocycles. The molecule has 1 aliphatic carbocycles. The summed E-state index contributed by atoms with van der Waals surface area (Å²) in [5, 5.41) is 12.8. The predicted molar refractivity (Wildman–Crippen MR) is 74.4 cm³/mol. The number of anilines is 1. The van der Waals surface area contributed by atoms with Gasteiger partial charge in [0.25, 0.3) is 0 Å². The largest absolute Gasteiger partial charge is 0.383 e. The SMILES string of the molecule is Nc1[nH]nc2c1c(C1CCCC1)nn2-c1cnccn1. The van der Waals surface area contributed by atoms with Crippen LogP contribution in [0.4, 0.5) is 5.82 Å². The fourth-order valence-electron chi connectivity index (χ4n) is 3.00. The highest BCUT2D eigenvalue weighted by atomic mass is 15.4. The van der Waals surface area contributed by atoms with E-state index in [1.165, 1.54) is 12.8 Å². The molecule has 7 nitrogen and oxygen atoms in total. The third kappa shape index (κ3) is 1.59. The van der Waals surface area contributed by atoms with Gasteiger partial charge in [-0.3, -0.25) is 10.1 Å². The van der Waals surface area contributed by atoms with Crippen molar-refractivity contribution in [1.82, 2.24) is 29.9 Å². The molecule has 3 aromatic heterocycles. The average Bonchev–Trinajstić information content (AvgIpc) is 3.18. The number of H-pyrrole nitrogens is 1. The molecular weight excluding hydrogens is 254 g/mol. The summed E-state index contributed by atoms with van der Waals surface area (Å²) < 4.78 is 1.73. The third-order valence-electron chi connectivity index (χ3n) is 3.95. The number of hydrogen-bond acceptors (Lipinski definition) is 5. The Morgan fingerprint density at radius 3 is 2.85 bits per heavy atom. The van der Waals surface area contributed by atoms with E-state index in [9.17, 15) is 0 Å². The van der Waals surface area contributed by atoms with Gasteiger partial charge in [0.05, 0.1) is 17.3 Å². The molecule has 0 amide bonds. The minimum Gasteiger partial charge on any atom is -0.383 e. The molecule has 0 aliphatic heterocycles. The number of aromatic amines is 1. The van der Waals surface area contributed by atoms with E-state index in [0.29, 0.717) is 17.6 Å². The van der Waals surface area contributed by atoms with Crippen molar-refractivity contribution in [3.05, 3.63) is 24.3 Å². The monoisotopic (exact) mass is 269 g/mol. The molecular formula is C13H15N7. The molecule has 3 aromatic rings. The van der Waals surface area contributed by atoms with Gasteiger partial charge in [0.1, 0.15) is 5.82 Å². The van der Waals surface area contributed by atoms with Gasteiger partial charge in [0, 0.05) is 18.3 Å². The zero-order valence-corrected chi connectivity index (χ0v) is 11.0. The average molecular weight is 269 g/mol. The fraction of sp³-hybridized carbons (Fsp3) is 0.385. The van der Waals surface area contributed by atoms with Gasteiger partial charge in [0.2, 0.25) is 0 Å². The van der Waals surface area contributed by atoms with E-state index in [1.54, 1.807) is 23.3 Å². The standard InChI is InChI=1S/C13H15N7/c14-12-10-11(8-3-1-2-4-8)19-20(13(10)18-17-12)9-7-15-5-6-16-9/h5-8H,1-4H2,(H3,14,17,18). The van der Waals surface area contributed by atoms with Crippen molar-refractivity contribution < 1.29 is 0 Å². The quantitative estimate of drug-likeness (QED) is 0.738. The molecule has 1 fully saturated rings. The van der Waals surface area contributed by atoms with Crippen molar-refractivity contribution in [1.29, 1.82) is 0 Å². The Morgan fingerprint density at radius 1 is 1.25 bits per heavy atom. The number of aromatic nitrogens is 6. The Kier molecular flexibility index (Phi) is 2.45. The Hall–Kier alpha value is -2.44. The van der Waals surface area contributed by atoms with Crippen molar-refractivity contribution in [2.45, 2.75) is 31.6 Å². The summed E-state index contributed by atoms with van der Waals surface area (Å²) in [5.74, 6) is 1.71. The van der Waals surface area contributed by atoms with Crippen LogP contribution in [-0.2, 0) is 0 Å². The van der Waals surface area contributed by atoms with Gasteiger partial charge in [0.15, 0.2) is 11.5 Å². The zero-order chi connectivity index (χ0) is 13.5. The molecule has 7 heteroatoms. The van der Waals surface area contributed by atoms with E-state index in [-0.39, 0.29) is 0 Å². The van der Waals surface area contributed by atoms with Crippen LogP contribution in [0.5, 0.6) is 0 Å². The molecule has 3 N–H and O–H groups in total. The molecule has 0 unspecified atom stereocenters. The second-order valence-electron chi connectivity index (χ2n) is 5.18. The van der Waals surface area contributed by atoms with E-state index < -0.39 is 0 Å². The number of rotatable bonds is 2. The smallest absolute Gasteiger partial charge is 0.188 e. The van der Waals surface area contributed by atoms with Gasteiger partial charge < -0.3 is 5.73 Å². The first-order chi connectivity index (χ1) is 9.84. The van der Waals surface area contributed by atoms with Crippen LogP contribution in [0.1, 0.15) is 37.3 Å². The molecule has 20 heavy (non-hydrogen) atoms. The first-order valence-corrected chi connectivity index (χ1v) is 6.83. The number of fused-ring (bicyclic) bond motifs is 1. The molecule has 3 heterocycles. The number of nitrogens with zero attached hydrogens (tertiary/aromatic N) is 5. The van der Waals surface area contributed by atoms with Crippen LogP contribution in [0.2, 0.25) is 0 Å². The third-order valence-corrected chi connectivity index (χ3v) is 3.95. The van der Waals surface area contributed by atoms with Crippen LogP contribution in [-0.4, -0.2) is 29.9 Å². The lowest BCUT2D eigenvalue weighted by Gasteiger charge is -2.05. The maximum Gasteiger partial charge on any atom is 0.188 e. The summed E-state index contributed by atoms with van der Waals surface area (Å²) in [7, 11) is 0. The highest BCUT2D eigenvalue weighted by molar-refractivity contribution is 5.90. The molecule has 1 aliphatic rings. The Bertz CT molecular complexity index is 737. The lowest BCUT2D eigenvalue weighted by atomic mass is 10.0. The lowest BCUT2D eigenvalue weighted by molar-refractivity contribution is 0.679. The molecule has 0 radical (unpaired) electrons. The zero-order valence-electron chi connectivity index (χ0n) is 11.0. The summed E-state index contributed by atoms with van der Waals surface area (Å²) in [4.78, 5) is 8.38. The Balaban J connectivity index is 1.94. The predicted octanol–water partition coefficient (Wildman–Crippen LogP) is 1.78. The fourth-order valence-corrected chi connectivity index (χ4v) is 3.00. The lowest BCUT2D eigenvalue weighted by Crippen LogP contribution is -2.03. The highest BCUT2D eigenvalue weighted by Gasteiger charge is 2.26. The van der Waals surface area contributed by atoms with E-state index in [1.807, 2.05) is 0 Å². The van der Waals surface area contributed by atoms with Gasteiger partial charge in [-0.2, -0.15) is 14.9 Å². The van der Waals surface area contributed by atoms with Crippen LogP contribution in [0.25, 0.3) is 16.9 Å². The summed E-state index contributed by atoms with van der Waals surface area (Å²) in [6.07, 6.45) is 9.79. The molecule has 0 bridgehead atoms. The molecule has 0 aromatic carbocycles. The normalized spacial score (nSPS) is 16.2. The van der Waals surface area contributed by atoms with Gasteiger partial charge in [-0.15, -0.1) is 0 Å². The summed E-state index contributed by atoms with van der Waals surface area (Å²) >= 11 is 0. The summed E-state index contributed by atoms with van der Waals surface area (Å²) in [6.45, 7) is 0. The number of nitrogen functional groups attached to an aromatic ring is 1. The molecule has 1 saturated carbocycles. The van der Waals surface area contributed by atoms with Crippen molar-refractivity contribution in [3.63, 3.8) is 0 Å². The molecule has 0 atom stereocenters. The summed E-state index contributed by atoms with van der Waals surface area (Å²) in [5.41, 5.74) is 7.79. The molecule has 102 valence electrons. The van der Waals surface area contributed by atoms with Crippen molar-refractivity contribution in [3.8, 4) is 5.82 Å². The van der Waals surface area contributed by atoms with Crippen molar-refractivity contribution in [2.75, 3.05) is 5.73 Å². The summed E-state index contributed by atoms with van der Waals surface area (Å²) in [6, 6.07) is 0. The van der Waals surface area contributed by atoms with Crippen LogP contribution >= 0.6 is 0 Å². The van der Waals surface area contributed by atoms with Crippen LogP contribution in [0, 0.1) is 0 Å². The maximum atomic E-state index is 6.03. The van der Waals surface area contributed by atoms with Crippen LogP contribution < -0.4 is 5.73 Å². The Morgan fingerprint density at radius 2 is 2.10 bits per heavy atom. The second kappa shape index (κ2) is 4.29. The van der Waals surface area contributed by atoms with E-state index in [2.05, 4.69) is 20.2 Å². The van der Waals surface area contributed by atoms with Gasteiger partial charge in [-0.1, -0.05) is 12.8 Å². The minimum atomic E-state index is 0.468. The number of nitrogens with one attached hydrogen (secondary N) is 1. The number of nitrogens with two attached hydrogens (primary N) is 1. The Labute approximate surface area is 115 Å². The van der Waals surface area contributed by atoms with Gasteiger partial charge in [-0.05, 0) is 12.8 Å². The van der Waals surface area contributed by atoms with E-state index >= 15 is 0 Å². The van der Waals surface area contributed by atoms with Crippen LogP contribution in [0.15, 0.2) is 18.6 Å². The van der Waals surface area contributed by atoms with Gasteiger partial charge >= 0.3 is 0 Å². The first-order valence-electron chi connectivity index (χ1n) is 6.83.